The third kappa shape index (κ3) is 2.17. The van der Waals surface area contributed by atoms with Crippen LogP contribution in [0.2, 0.25) is 0 Å². The summed E-state index contributed by atoms with van der Waals surface area (Å²) in [7, 11) is 1.76. The van der Waals surface area contributed by atoms with Crippen molar-refractivity contribution in [2.45, 2.75) is 13.8 Å². The lowest BCUT2D eigenvalue weighted by molar-refractivity contribution is 0.0508. The Morgan fingerprint density at radius 1 is 1.59 bits per heavy atom. The molecule has 0 saturated carbocycles. The molecule has 0 radical (unpaired) electrons. The lowest BCUT2D eigenvalue weighted by atomic mass is 10.4. The van der Waals surface area contributed by atoms with E-state index in [1.54, 1.807) is 24.7 Å². The van der Waals surface area contributed by atoms with Gasteiger partial charge in [-0.1, -0.05) is 0 Å². The number of esters is 1. The Hall–Kier alpha value is -2.18. The number of ether oxygens (including phenoxy) is 1. The third-order valence-electron chi connectivity index (χ3n) is 2.11. The van der Waals surface area contributed by atoms with E-state index in [-0.39, 0.29) is 18.3 Å². The summed E-state index contributed by atoms with van der Waals surface area (Å²) in [4.78, 5) is 15.3. The number of hydrogen-bond acceptors (Lipinski definition) is 6. The van der Waals surface area contributed by atoms with Gasteiger partial charge in [0.05, 0.1) is 12.3 Å². The molecule has 0 unspecified atom stereocenters. The van der Waals surface area contributed by atoms with Gasteiger partial charge in [-0.3, -0.25) is 4.68 Å². The van der Waals surface area contributed by atoms with Gasteiger partial charge >= 0.3 is 5.97 Å². The Bertz CT molecular complexity index is 543. The Kier molecular flexibility index (Phi) is 2.90. The fraction of sp³-hybridized carbons (Fsp3) is 0.400. The SMILES string of the molecule is CCOC(=O)c1noc(-c2cc(C)nn2C)n1. The highest BCUT2D eigenvalue weighted by molar-refractivity contribution is 5.85. The highest BCUT2D eigenvalue weighted by atomic mass is 16.5. The van der Waals surface area contributed by atoms with Crippen LogP contribution in [0.25, 0.3) is 11.6 Å². The smallest absolute Gasteiger partial charge is 0.379 e. The molecule has 0 N–H and O–H groups in total. The van der Waals surface area contributed by atoms with Crippen LogP contribution in [-0.4, -0.2) is 32.5 Å². The van der Waals surface area contributed by atoms with Crippen LogP contribution < -0.4 is 0 Å². The van der Waals surface area contributed by atoms with E-state index in [0.717, 1.165) is 5.69 Å². The molecule has 2 aromatic rings. The molecule has 2 aromatic heterocycles. The van der Waals surface area contributed by atoms with Gasteiger partial charge in [-0.25, -0.2) is 4.79 Å². The lowest BCUT2D eigenvalue weighted by Crippen LogP contribution is -2.06. The average Bonchev–Trinajstić information content (AvgIpc) is 2.85. The quantitative estimate of drug-likeness (QED) is 0.738. The maximum Gasteiger partial charge on any atom is 0.379 e. The molecular formula is C10H12N4O3. The number of carbonyl (C=O) groups excluding carboxylic acids is 1. The van der Waals surface area contributed by atoms with Crippen molar-refractivity contribution < 1.29 is 14.1 Å². The molecule has 0 amide bonds. The highest BCUT2D eigenvalue weighted by Crippen LogP contribution is 2.17. The number of nitrogens with zero attached hydrogens (tertiary/aromatic N) is 4. The fourth-order valence-electron chi connectivity index (χ4n) is 1.42. The molecule has 2 heterocycles. The van der Waals surface area contributed by atoms with Crippen molar-refractivity contribution in [3.05, 3.63) is 17.6 Å². The van der Waals surface area contributed by atoms with E-state index >= 15 is 0 Å². The molecule has 0 saturated heterocycles. The summed E-state index contributed by atoms with van der Waals surface area (Å²) in [5, 5.41) is 7.71. The van der Waals surface area contributed by atoms with Crippen molar-refractivity contribution in [2.24, 2.45) is 7.05 Å². The molecule has 0 aliphatic rings. The Morgan fingerprint density at radius 3 is 2.94 bits per heavy atom. The average molecular weight is 236 g/mol. The van der Waals surface area contributed by atoms with E-state index in [0.29, 0.717) is 5.69 Å². The summed E-state index contributed by atoms with van der Waals surface area (Å²) in [5.74, 6) is -0.432. The van der Waals surface area contributed by atoms with Crippen molar-refractivity contribution >= 4 is 5.97 Å². The maximum absolute atomic E-state index is 11.3. The topological polar surface area (TPSA) is 83.0 Å². The van der Waals surface area contributed by atoms with Crippen LogP contribution in [0.1, 0.15) is 23.2 Å². The van der Waals surface area contributed by atoms with Gasteiger partial charge in [-0.15, -0.1) is 0 Å². The highest BCUT2D eigenvalue weighted by Gasteiger charge is 2.18. The minimum Gasteiger partial charge on any atom is -0.460 e. The lowest BCUT2D eigenvalue weighted by Gasteiger charge is -1.94. The van der Waals surface area contributed by atoms with E-state index in [2.05, 4.69) is 15.2 Å². The van der Waals surface area contributed by atoms with Crippen molar-refractivity contribution in [3.8, 4) is 11.6 Å². The van der Waals surface area contributed by atoms with Crippen molar-refractivity contribution in [2.75, 3.05) is 6.61 Å². The van der Waals surface area contributed by atoms with Crippen LogP contribution >= 0.6 is 0 Å². The number of hydrogen-bond donors (Lipinski definition) is 0. The second-order valence-corrected chi connectivity index (χ2v) is 3.44. The second-order valence-electron chi connectivity index (χ2n) is 3.44. The van der Waals surface area contributed by atoms with Gasteiger partial charge in [-0.05, 0) is 25.1 Å². The van der Waals surface area contributed by atoms with E-state index in [1.165, 1.54) is 0 Å². The fourth-order valence-corrected chi connectivity index (χ4v) is 1.42. The van der Waals surface area contributed by atoms with E-state index in [1.807, 2.05) is 6.92 Å². The van der Waals surface area contributed by atoms with Crippen molar-refractivity contribution in [1.29, 1.82) is 0 Å². The van der Waals surface area contributed by atoms with Crippen LogP contribution in [0.4, 0.5) is 0 Å². The molecule has 0 aliphatic carbocycles. The Labute approximate surface area is 97.4 Å². The predicted molar refractivity (Wildman–Crippen MR) is 57.2 cm³/mol. The Morgan fingerprint density at radius 2 is 2.35 bits per heavy atom. The number of rotatable bonds is 3. The van der Waals surface area contributed by atoms with Gasteiger partial charge in [0.15, 0.2) is 0 Å². The summed E-state index contributed by atoms with van der Waals surface area (Å²) < 4.78 is 11.4. The summed E-state index contributed by atoms with van der Waals surface area (Å²) in [6.07, 6.45) is 0. The van der Waals surface area contributed by atoms with Gasteiger partial charge < -0.3 is 9.26 Å². The summed E-state index contributed by atoms with van der Waals surface area (Å²) in [5.41, 5.74) is 1.49. The molecule has 0 aliphatic heterocycles. The van der Waals surface area contributed by atoms with E-state index in [9.17, 15) is 4.79 Å². The van der Waals surface area contributed by atoms with Crippen LogP contribution in [-0.2, 0) is 11.8 Å². The van der Waals surface area contributed by atoms with Crippen molar-refractivity contribution in [3.63, 3.8) is 0 Å². The number of aromatic nitrogens is 4. The minimum atomic E-state index is -0.596. The first kappa shape index (κ1) is 11.3. The maximum atomic E-state index is 11.3. The van der Waals surface area contributed by atoms with Crippen LogP contribution in [0.15, 0.2) is 10.6 Å². The van der Waals surface area contributed by atoms with Gasteiger partial charge in [0.2, 0.25) is 0 Å². The standard InChI is InChI=1S/C10H12N4O3/c1-4-16-10(15)8-11-9(17-13-8)7-5-6(2)12-14(7)3/h5H,4H2,1-3H3. The monoisotopic (exact) mass is 236 g/mol. The zero-order valence-electron chi connectivity index (χ0n) is 9.80. The van der Waals surface area contributed by atoms with Gasteiger partial charge in [0, 0.05) is 7.05 Å². The van der Waals surface area contributed by atoms with E-state index < -0.39 is 5.97 Å². The summed E-state index contributed by atoms with van der Waals surface area (Å²) in [6, 6.07) is 1.79. The summed E-state index contributed by atoms with van der Waals surface area (Å²) >= 11 is 0. The van der Waals surface area contributed by atoms with Crippen LogP contribution in [0, 0.1) is 6.92 Å². The first-order chi connectivity index (χ1) is 8.11. The van der Waals surface area contributed by atoms with Crippen LogP contribution in [0.5, 0.6) is 0 Å². The van der Waals surface area contributed by atoms with Gasteiger partial charge in [-0.2, -0.15) is 10.1 Å². The van der Waals surface area contributed by atoms with Crippen LogP contribution in [0.3, 0.4) is 0 Å². The Balaban J connectivity index is 2.30. The van der Waals surface area contributed by atoms with Gasteiger partial charge in [0.1, 0.15) is 5.69 Å². The van der Waals surface area contributed by atoms with Crippen molar-refractivity contribution in [1.82, 2.24) is 19.9 Å². The third-order valence-corrected chi connectivity index (χ3v) is 2.11. The number of aryl methyl sites for hydroxylation is 2. The second kappa shape index (κ2) is 4.36. The zero-order valence-corrected chi connectivity index (χ0v) is 9.80. The zero-order chi connectivity index (χ0) is 12.4. The van der Waals surface area contributed by atoms with E-state index in [4.69, 9.17) is 9.26 Å². The molecule has 7 heteroatoms. The number of carbonyl (C=O) groups is 1. The molecule has 0 bridgehead atoms. The minimum absolute atomic E-state index is 0.0827. The molecule has 0 aromatic carbocycles. The molecular weight excluding hydrogens is 224 g/mol. The molecule has 17 heavy (non-hydrogen) atoms. The molecule has 90 valence electrons. The molecule has 0 fully saturated rings. The molecule has 0 atom stereocenters. The largest absolute Gasteiger partial charge is 0.460 e. The molecule has 0 spiro atoms. The first-order valence-electron chi connectivity index (χ1n) is 5.13. The predicted octanol–water partition coefficient (Wildman–Crippen LogP) is 0.955. The summed E-state index contributed by atoms with van der Waals surface area (Å²) in [6.45, 7) is 3.84. The first-order valence-corrected chi connectivity index (χ1v) is 5.13. The van der Waals surface area contributed by atoms with Gasteiger partial charge in [0.25, 0.3) is 11.7 Å². The molecule has 2 rings (SSSR count). The normalized spacial score (nSPS) is 10.5. The molecule has 7 nitrogen and oxygen atoms in total.